The predicted octanol–water partition coefficient (Wildman–Crippen LogP) is 4.13. The van der Waals surface area contributed by atoms with E-state index < -0.39 is 0 Å². The van der Waals surface area contributed by atoms with Gasteiger partial charge < -0.3 is 14.8 Å². The van der Waals surface area contributed by atoms with E-state index in [1.165, 1.54) is 13.2 Å². The van der Waals surface area contributed by atoms with Crippen molar-refractivity contribution in [3.8, 4) is 11.5 Å². The summed E-state index contributed by atoms with van der Waals surface area (Å²) in [6.45, 7) is 5.37. The van der Waals surface area contributed by atoms with Gasteiger partial charge >= 0.3 is 0 Å². The molecule has 0 spiro atoms. The van der Waals surface area contributed by atoms with E-state index in [2.05, 4.69) is 11.9 Å². The Hall–Kier alpha value is -2.82. The quantitative estimate of drug-likeness (QED) is 0.811. The molecule has 0 saturated heterocycles. The molecule has 0 aliphatic rings. The molecule has 2 aromatic rings. The number of anilines is 1. The summed E-state index contributed by atoms with van der Waals surface area (Å²) in [5, 5.41) is 2.68. The number of rotatable bonds is 6. The van der Waals surface area contributed by atoms with Crippen molar-refractivity contribution in [3.63, 3.8) is 0 Å². The molecule has 0 aliphatic heterocycles. The second-order valence-electron chi connectivity index (χ2n) is 5.28. The van der Waals surface area contributed by atoms with Crippen molar-refractivity contribution in [2.24, 2.45) is 0 Å². The van der Waals surface area contributed by atoms with Crippen LogP contribution in [0.2, 0.25) is 0 Å². The van der Waals surface area contributed by atoms with E-state index in [9.17, 15) is 9.18 Å². The fraction of sp³-hybridized carbons (Fsp3) is 0.211. The Labute approximate surface area is 140 Å². The number of allylic oxidation sites excluding steroid dienone is 1. The minimum absolute atomic E-state index is 0.357. The number of hydrogen-bond donors (Lipinski definition) is 1. The first-order chi connectivity index (χ1) is 11.5. The molecule has 0 fully saturated rings. The molecular weight excluding hydrogens is 309 g/mol. The number of amides is 1. The molecule has 1 N–H and O–H groups in total. The van der Waals surface area contributed by atoms with Crippen molar-refractivity contribution in [2.45, 2.75) is 13.3 Å². The fourth-order valence-electron chi connectivity index (χ4n) is 2.36. The van der Waals surface area contributed by atoms with Gasteiger partial charge in [0.1, 0.15) is 5.82 Å². The number of ether oxygens (including phenoxy) is 2. The topological polar surface area (TPSA) is 47.6 Å². The van der Waals surface area contributed by atoms with Gasteiger partial charge in [-0.25, -0.2) is 4.39 Å². The van der Waals surface area contributed by atoms with Gasteiger partial charge in [0.15, 0.2) is 11.5 Å². The van der Waals surface area contributed by atoms with E-state index in [1.807, 2.05) is 0 Å². The second-order valence-corrected chi connectivity index (χ2v) is 5.28. The van der Waals surface area contributed by atoms with Crippen LogP contribution in [-0.2, 0) is 6.42 Å². The molecule has 2 rings (SSSR count). The number of aryl methyl sites for hydroxylation is 1. The van der Waals surface area contributed by atoms with Crippen molar-refractivity contribution in [2.75, 3.05) is 19.5 Å². The molecule has 24 heavy (non-hydrogen) atoms. The zero-order valence-corrected chi connectivity index (χ0v) is 14.0. The molecule has 0 bridgehead atoms. The summed E-state index contributed by atoms with van der Waals surface area (Å²) in [6, 6.07) is 7.86. The maximum absolute atomic E-state index is 13.6. The Morgan fingerprint density at radius 3 is 2.58 bits per heavy atom. The van der Waals surface area contributed by atoms with Gasteiger partial charge in [-0.05, 0) is 43.2 Å². The minimum Gasteiger partial charge on any atom is -0.493 e. The molecule has 5 heteroatoms. The van der Waals surface area contributed by atoms with Crippen LogP contribution in [0.15, 0.2) is 43.0 Å². The van der Waals surface area contributed by atoms with E-state index in [0.717, 1.165) is 5.56 Å². The number of hydrogen-bond acceptors (Lipinski definition) is 3. The molecule has 4 nitrogen and oxygen atoms in total. The van der Waals surface area contributed by atoms with Gasteiger partial charge in [-0.2, -0.15) is 0 Å². The van der Waals surface area contributed by atoms with E-state index in [0.29, 0.717) is 34.7 Å². The molecule has 0 heterocycles. The van der Waals surface area contributed by atoms with Crippen LogP contribution in [0.5, 0.6) is 11.5 Å². The zero-order chi connectivity index (χ0) is 17.7. The van der Waals surface area contributed by atoms with Gasteiger partial charge in [-0.15, -0.1) is 6.58 Å². The standard InChI is InChI=1S/C19H20FNO3/c1-5-6-13-9-14(10-17(23-3)18(13)24-4)19(22)21-15-8-7-12(2)16(20)11-15/h5,7-11H,1,6H2,2-4H3,(H,21,22). The Balaban J connectivity index is 2.35. The van der Waals surface area contributed by atoms with Crippen LogP contribution in [0.4, 0.5) is 10.1 Å². The summed E-state index contributed by atoms with van der Waals surface area (Å²) in [6.07, 6.45) is 2.24. The molecule has 0 aliphatic carbocycles. The molecule has 1 amide bonds. The monoisotopic (exact) mass is 329 g/mol. The van der Waals surface area contributed by atoms with Crippen LogP contribution in [0.1, 0.15) is 21.5 Å². The maximum atomic E-state index is 13.6. The Morgan fingerprint density at radius 2 is 2.00 bits per heavy atom. The van der Waals surface area contributed by atoms with Crippen LogP contribution in [0.25, 0.3) is 0 Å². The second kappa shape index (κ2) is 7.64. The molecule has 126 valence electrons. The number of benzene rings is 2. The van der Waals surface area contributed by atoms with Crippen LogP contribution in [0, 0.1) is 12.7 Å². The first-order valence-electron chi connectivity index (χ1n) is 7.43. The lowest BCUT2D eigenvalue weighted by molar-refractivity contribution is 0.102. The number of carbonyl (C=O) groups is 1. The van der Waals surface area contributed by atoms with E-state index in [1.54, 1.807) is 44.4 Å². The zero-order valence-electron chi connectivity index (χ0n) is 14.0. The van der Waals surface area contributed by atoms with Gasteiger partial charge in [0, 0.05) is 16.8 Å². The van der Waals surface area contributed by atoms with Gasteiger partial charge in [-0.1, -0.05) is 12.1 Å². The normalized spacial score (nSPS) is 10.2. The third-order valence-electron chi connectivity index (χ3n) is 3.61. The minimum atomic E-state index is -0.368. The van der Waals surface area contributed by atoms with E-state index in [4.69, 9.17) is 9.47 Å². The largest absolute Gasteiger partial charge is 0.493 e. The van der Waals surface area contributed by atoms with Gasteiger partial charge in [-0.3, -0.25) is 4.79 Å². The summed E-state index contributed by atoms with van der Waals surface area (Å²) in [7, 11) is 3.05. The summed E-state index contributed by atoms with van der Waals surface area (Å²) in [5.41, 5.74) is 2.09. The van der Waals surface area contributed by atoms with Crippen molar-refractivity contribution < 1.29 is 18.7 Å². The Kier molecular flexibility index (Phi) is 5.58. The maximum Gasteiger partial charge on any atom is 0.255 e. The summed E-state index contributed by atoms with van der Waals surface area (Å²) < 4.78 is 24.3. The van der Waals surface area contributed by atoms with Crippen LogP contribution in [0.3, 0.4) is 0 Å². The fourth-order valence-corrected chi connectivity index (χ4v) is 2.36. The van der Waals surface area contributed by atoms with Gasteiger partial charge in [0.25, 0.3) is 5.91 Å². The number of halogens is 1. The molecule has 2 aromatic carbocycles. The van der Waals surface area contributed by atoms with Gasteiger partial charge in [0.05, 0.1) is 14.2 Å². The van der Waals surface area contributed by atoms with Crippen molar-refractivity contribution in [1.82, 2.24) is 0 Å². The first-order valence-corrected chi connectivity index (χ1v) is 7.43. The van der Waals surface area contributed by atoms with Crippen LogP contribution < -0.4 is 14.8 Å². The number of methoxy groups -OCH3 is 2. The average Bonchev–Trinajstić information content (AvgIpc) is 2.57. The van der Waals surface area contributed by atoms with E-state index in [-0.39, 0.29) is 11.7 Å². The smallest absolute Gasteiger partial charge is 0.255 e. The van der Waals surface area contributed by atoms with Crippen LogP contribution in [-0.4, -0.2) is 20.1 Å². The lowest BCUT2D eigenvalue weighted by atomic mass is 10.0. The Morgan fingerprint density at radius 1 is 1.25 bits per heavy atom. The van der Waals surface area contributed by atoms with Crippen LogP contribution >= 0.6 is 0 Å². The third-order valence-corrected chi connectivity index (χ3v) is 3.61. The molecular formula is C19H20FNO3. The molecule has 0 aromatic heterocycles. The highest BCUT2D eigenvalue weighted by Crippen LogP contribution is 2.33. The molecule has 0 saturated carbocycles. The third kappa shape index (κ3) is 3.74. The van der Waals surface area contributed by atoms with Crippen molar-refractivity contribution in [3.05, 3.63) is 65.5 Å². The number of carbonyl (C=O) groups excluding carboxylic acids is 1. The highest BCUT2D eigenvalue weighted by molar-refractivity contribution is 6.04. The molecule has 0 unspecified atom stereocenters. The van der Waals surface area contributed by atoms with Gasteiger partial charge in [0.2, 0.25) is 0 Å². The SMILES string of the molecule is C=CCc1cc(C(=O)Nc2ccc(C)c(F)c2)cc(OC)c1OC. The Bertz CT molecular complexity index is 771. The molecule has 0 atom stereocenters. The summed E-state index contributed by atoms with van der Waals surface area (Å²) in [4.78, 5) is 12.5. The lowest BCUT2D eigenvalue weighted by Crippen LogP contribution is -2.13. The predicted molar refractivity (Wildman–Crippen MR) is 92.5 cm³/mol. The lowest BCUT2D eigenvalue weighted by Gasteiger charge is -2.14. The first kappa shape index (κ1) is 17.5. The van der Waals surface area contributed by atoms with Crippen molar-refractivity contribution in [1.29, 1.82) is 0 Å². The highest BCUT2D eigenvalue weighted by Gasteiger charge is 2.16. The number of nitrogens with one attached hydrogen (secondary N) is 1. The van der Waals surface area contributed by atoms with Crippen molar-refractivity contribution >= 4 is 11.6 Å². The average molecular weight is 329 g/mol. The summed E-state index contributed by atoms with van der Waals surface area (Å²) in [5.74, 6) is 0.296. The van der Waals surface area contributed by atoms with E-state index >= 15 is 0 Å². The molecule has 0 radical (unpaired) electrons. The summed E-state index contributed by atoms with van der Waals surface area (Å²) >= 11 is 0. The highest BCUT2D eigenvalue weighted by atomic mass is 19.1.